The number of ketones is 1. The van der Waals surface area contributed by atoms with E-state index in [4.69, 9.17) is 21.1 Å². The van der Waals surface area contributed by atoms with Gasteiger partial charge in [0, 0.05) is 25.3 Å². The Bertz CT molecular complexity index is 1180. The quantitative estimate of drug-likeness (QED) is 0.475. The number of benzene rings is 2. The summed E-state index contributed by atoms with van der Waals surface area (Å²) in [7, 11) is 3.92. The molecule has 0 spiro atoms. The maximum Gasteiger partial charge on any atom is 0.255 e. The van der Waals surface area contributed by atoms with Gasteiger partial charge in [0.15, 0.2) is 11.5 Å². The average Bonchev–Trinajstić information content (AvgIpc) is 2.82. The lowest BCUT2D eigenvalue weighted by Crippen LogP contribution is -2.31. The molecular formula is C27H32ClN3O4. The number of allylic oxidation sites excluding steroid dienone is 3. The van der Waals surface area contributed by atoms with Crippen LogP contribution in [0, 0.1) is 0 Å². The zero-order valence-electron chi connectivity index (χ0n) is 19.9. The van der Waals surface area contributed by atoms with E-state index < -0.39 is 11.7 Å². The molecule has 3 rings (SSSR count). The Balaban J connectivity index is 0.00000432. The van der Waals surface area contributed by atoms with Crippen LogP contribution >= 0.6 is 11.6 Å². The van der Waals surface area contributed by atoms with Gasteiger partial charge in [-0.15, -0.1) is 0 Å². The predicted molar refractivity (Wildman–Crippen MR) is 142 cm³/mol. The number of amides is 1. The van der Waals surface area contributed by atoms with Crippen LogP contribution in [0.2, 0.25) is 0 Å². The van der Waals surface area contributed by atoms with Gasteiger partial charge < -0.3 is 19.7 Å². The van der Waals surface area contributed by atoms with E-state index in [0.717, 1.165) is 5.69 Å². The Morgan fingerprint density at radius 3 is 2.26 bits per heavy atom. The fourth-order valence-corrected chi connectivity index (χ4v) is 3.47. The normalized spacial score (nSPS) is 14.3. The molecule has 1 aliphatic carbocycles. The van der Waals surface area contributed by atoms with Crippen LogP contribution < -0.4 is 19.7 Å². The molecule has 35 heavy (non-hydrogen) atoms. The van der Waals surface area contributed by atoms with E-state index in [1.54, 1.807) is 31.2 Å². The standard InChI is InChI=1S/C26H28ClN3O4.CH4/c1-6-33-22-13-8-17(14-23(22)34-7-2)26(32)29-21-15-20(16(3)24(27)25(21)31)28-18-9-11-19(12-10-18)30(4)5;/h8-15H,6-7H2,1-5H3,(H,29,32);1H4. The number of carbonyl (C=O) groups is 2. The Labute approximate surface area is 212 Å². The van der Waals surface area contributed by atoms with E-state index in [1.807, 2.05) is 57.1 Å². The summed E-state index contributed by atoms with van der Waals surface area (Å²) in [6.07, 6.45) is 1.54. The van der Waals surface area contributed by atoms with Crippen molar-refractivity contribution in [3.63, 3.8) is 0 Å². The summed E-state index contributed by atoms with van der Waals surface area (Å²) in [6, 6.07) is 12.5. The number of ether oxygens (including phenoxy) is 2. The van der Waals surface area contributed by atoms with Crippen molar-refractivity contribution in [1.82, 2.24) is 5.32 Å². The molecule has 0 bridgehead atoms. The number of hydrogen-bond donors (Lipinski definition) is 1. The summed E-state index contributed by atoms with van der Waals surface area (Å²) in [5, 5.41) is 2.68. The van der Waals surface area contributed by atoms with Gasteiger partial charge in [0.05, 0.1) is 35.3 Å². The van der Waals surface area contributed by atoms with Crippen LogP contribution in [-0.2, 0) is 4.79 Å². The number of Topliss-reactive ketones (excluding diaryl/α,β-unsaturated/α-hetero) is 1. The molecule has 0 saturated heterocycles. The van der Waals surface area contributed by atoms with Crippen LogP contribution in [0.25, 0.3) is 0 Å². The third-order valence-electron chi connectivity index (χ3n) is 5.11. The van der Waals surface area contributed by atoms with Gasteiger partial charge >= 0.3 is 0 Å². The van der Waals surface area contributed by atoms with E-state index >= 15 is 0 Å². The van der Waals surface area contributed by atoms with Crippen molar-refractivity contribution in [3.8, 4) is 11.5 Å². The second-order valence-electron chi connectivity index (χ2n) is 7.72. The first-order valence-electron chi connectivity index (χ1n) is 10.9. The number of carbonyl (C=O) groups excluding carboxylic acids is 2. The van der Waals surface area contributed by atoms with Gasteiger partial charge in [-0.05, 0) is 74.9 Å². The molecule has 0 radical (unpaired) electrons. The fraction of sp³-hybridized carbons (Fsp3) is 0.296. The maximum atomic E-state index is 12.9. The third-order valence-corrected chi connectivity index (χ3v) is 5.56. The van der Waals surface area contributed by atoms with Crippen molar-refractivity contribution in [2.45, 2.75) is 28.2 Å². The van der Waals surface area contributed by atoms with Crippen LogP contribution in [0.4, 0.5) is 11.4 Å². The zero-order chi connectivity index (χ0) is 24.8. The summed E-state index contributed by atoms with van der Waals surface area (Å²) < 4.78 is 11.1. The predicted octanol–water partition coefficient (Wildman–Crippen LogP) is 5.67. The summed E-state index contributed by atoms with van der Waals surface area (Å²) in [5.41, 5.74) is 3.16. The summed E-state index contributed by atoms with van der Waals surface area (Å²) in [4.78, 5) is 32.3. The van der Waals surface area contributed by atoms with Crippen molar-refractivity contribution in [2.24, 2.45) is 4.99 Å². The number of halogens is 1. The number of aliphatic imine (C=N–C) groups is 1. The highest BCUT2D eigenvalue weighted by molar-refractivity contribution is 6.49. The largest absolute Gasteiger partial charge is 0.490 e. The molecule has 0 heterocycles. The molecule has 0 aliphatic heterocycles. The van der Waals surface area contributed by atoms with Crippen LogP contribution in [0.1, 0.15) is 38.6 Å². The lowest BCUT2D eigenvalue weighted by Gasteiger charge is -2.17. The average molecular weight is 498 g/mol. The highest BCUT2D eigenvalue weighted by Crippen LogP contribution is 2.29. The lowest BCUT2D eigenvalue weighted by molar-refractivity contribution is -0.112. The van der Waals surface area contributed by atoms with E-state index in [0.29, 0.717) is 47.2 Å². The molecule has 8 heteroatoms. The van der Waals surface area contributed by atoms with Gasteiger partial charge in [0.1, 0.15) is 0 Å². The molecular weight excluding hydrogens is 466 g/mol. The maximum absolute atomic E-state index is 12.9. The van der Waals surface area contributed by atoms with E-state index in [9.17, 15) is 9.59 Å². The lowest BCUT2D eigenvalue weighted by atomic mass is 10.0. The molecule has 2 aromatic carbocycles. The Morgan fingerprint density at radius 2 is 1.66 bits per heavy atom. The van der Waals surface area contributed by atoms with Gasteiger partial charge in [0.2, 0.25) is 5.78 Å². The van der Waals surface area contributed by atoms with E-state index in [-0.39, 0.29) is 18.2 Å². The number of anilines is 1. The van der Waals surface area contributed by atoms with Crippen LogP contribution in [0.5, 0.6) is 11.5 Å². The smallest absolute Gasteiger partial charge is 0.255 e. The molecule has 1 amide bonds. The summed E-state index contributed by atoms with van der Waals surface area (Å²) in [6.45, 7) is 6.33. The van der Waals surface area contributed by atoms with Crippen LogP contribution in [0.15, 0.2) is 69.8 Å². The third kappa shape index (κ3) is 6.51. The zero-order valence-corrected chi connectivity index (χ0v) is 20.7. The van der Waals surface area contributed by atoms with Crippen molar-refractivity contribution >= 4 is 40.4 Å². The molecule has 0 unspecified atom stereocenters. The SMILES string of the molecule is C.CCOc1ccc(C(=O)NC2=CC(=Nc3ccc(N(C)C)cc3)C(C)=C(Cl)C2=O)cc1OCC. The minimum atomic E-state index is -0.470. The molecule has 0 saturated carbocycles. The summed E-state index contributed by atoms with van der Waals surface area (Å²) >= 11 is 6.31. The topological polar surface area (TPSA) is 80.2 Å². The van der Waals surface area contributed by atoms with Gasteiger partial charge in [-0.3, -0.25) is 9.59 Å². The molecule has 0 atom stereocenters. The monoisotopic (exact) mass is 497 g/mol. The Kier molecular flexibility index (Phi) is 9.66. The van der Waals surface area contributed by atoms with Gasteiger partial charge in [0.25, 0.3) is 5.91 Å². The number of hydrogen-bond acceptors (Lipinski definition) is 6. The first kappa shape index (κ1) is 27.7. The Hall–Kier alpha value is -3.58. The highest BCUT2D eigenvalue weighted by Gasteiger charge is 2.26. The first-order valence-corrected chi connectivity index (χ1v) is 11.3. The number of rotatable bonds is 8. The van der Waals surface area contributed by atoms with Gasteiger partial charge in [-0.2, -0.15) is 0 Å². The summed E-state index contributed by atoms with van der Waals surface area (Å²) in [5.74, 6) is 0.0657. The second-order valence-corrected chi connectivity index (χ2v) is 8.09. The molecule has 186 valence electrons. The van der Waals surface area contributed by atoms with Gasteiger partial charge in [-0.25, -0.2) is 4.99 Å². The van der Waals surface area contributed by atoms with Gasteiger partial charge in [-0.1, -0.05) is 19.0 Å². The molecule has 1 N–H and O–H groups in total. The molecule has 0 fully saturated rings. The number of nitrogens with one attached hydrogen (secondary N) is 1. The minimum Gasteiger partial charge on any atom is -0.490 e. The molecule has 7 nitrogen and oxygen atoms in total. The second kappa shape index (κ2) is 12.2. The molecule has 1 aliphatic rings. The molecule has 0 aromatic heterocycles. The van der Waals surface area contributed by atoms with E-state index in [1.165, 1.54) is 0 Å². The molecule has 2 aromatic rings. The van der Waals surface area contributed by atoms with Crippen molar-refractivity contribution in [1.29, 1.82) is 0 Å². The Morgan fingerprint density at radius 1 is 1.03 bits per heavy atom. The van der Waals surface area contributed by atoms with Crippen LogP contribution in [0.3, 0.4) is 0 Å². The fourth-order valence-electron chi connectivity index (χ4n) is 3.27. The van der Waals surface area contributed by atoms with Crippen molar-refractivity contribution < 1.29 is 19.1 Å². The first-order chi connectivity index (χ1) is 16.2. The van der Waals surface area contributed by atoms with Crippen molar-refractivity contribution in [2.75, 3.05) is 32.2 Å². The van der Waals surface area contributed by atoms with E-state index in [2.05, 4.69) is 10.3 Å². The van der Waals surface area contributed by atoms with Crippen LogP contribution in [-0.4, -0.2) is 44.7 Å². The van der Waals surface area contributed by atoms with Crippen molar-refractivity contribution in [3.05, 3.63) is 70.4 Å². The minimum absolute atomic E-state index is 0. The highest BCUT2D eigenvalue weighted by atomic mass is 35.5. The number of nitrogens with zero attached hydrogens (tertiary/aromatic N) is 2.